The molecule has 1 N–H and O–H groups in total. The van der Waals surface area contributed by atoms with Crippen LogP contribution >= 0.6 is 11.6 Å². The van der Waals surface area contributed by atoms with E-state index >= 15 is 0 Å². The maximum atomic E-state index is 13.0. The molecule has 158 valence electrons. The van der Waals surface area contributed by atoms with Crippen molar-refractivity contribution < 1.29 is 27.1 Å². The maximum Gasteiger partial charge on any atom is 0.422 e. The summed E-state index contributed by atoms with van der Waals surface area (Å²) in [7, 11) is 0. The van der Waals surface area contributed by atoms with E-state index in [1.165, 1.54) is 27.6 Å². The van der Waals surface area contributed by atoms with E-state index in [4.69, 9.17) is 16.3 Å². The second kappa shape index (κ2) is 7.63. The molecule has 1 fully saturated rings. The number of aromatic nitrogens is 3. The van der Waals surface area contributed by atoms with Gasteiger partial charge in [0.25, 0.3) is 5.91 Å². The Hall–Kier alpha value is -3.08. The molecule has 1 amide bonds. The lowest BCUT2D eigenvalue weighted by Gasteiger charge is -2.34. The molecule has 1 saturated heterocycles. The molecule has 30 heavy (non-hydrogen) atoms. The van der Waals surface area contributed by atoms with Crippen LogP contribution in [0.15, 0.2) is 36.5 Å². The summed E-state index contributed by atoms with van der Waals surface area (Å²) in [5.41, 5.74) is 0.636. The van der Waals surface area contributed by atoms with E-state index in [2.05, 4.69) is 15.4 Å². The van der Waals surface area contributed by atoms with Gasteiger partial charge in [0.05, 0.1) is 18.8 Å². The Morgan fingerprint density at radius 2 is 2.03 bits per heavy atom. The fourth-order valence-electron chi connectivity index (χ4n) is 2.84. The van der Waals surface area contributed by atoms with Crippen LogP contribution < -0.4 is 10.1 Å². The summed E-state index contributed by atoms with van der Waals surface area (Å²) < 4.78 is 57.3. The van der Waals surface area contributed by atoms with Crippen LogP contribution in [0.5, 0.6) is 5.75 Å². The number of nitrogens with one attached hydrogen (secondary N) is 1. The third-order valence-corrected chi connectivity index (χ3v) is 4.53. The van der Waals surface area contributed by atoms with Crippen LogP contribution in [0, 0.1) is 0 Å². The number of pyridine rings is 1. The highest BCUT2D eigenvalue weighted by atomic mass is 35.5. The first-order chi connectivity index (χ1) is 14.2. The normalized spacial score (nSPS) is 14.6. The molecule has 0 unspecified atom stereocenters. The second-order valence-corrected chi connectivity index (χ2v) is 7.07. The van der Waals surface area contributed by atoms with Crippen LogP contribution in [0.3, 0.4) is 0 Å². The van der Waals surface area contributed by atoms with E-state index in [1.54, 1.807) is 18.3 Å². The molecule has 1 aromatic carbocycles. The van der Waals surface area contributed by atoms with Gasteiger partial charge < -0.3 is 15.0 Å². The van der Waals surface area contributed by atoms with Crippen LogP contribution in [0.2, 0.25) is 5.02 Å². The predicted octanol–water partition coefficient (Wildman–Crippen LogP) is 3.86. The quantitative estimate of drug-likeness (QED) is 0.606. The molecule has 0 atom stereocenters. The van der Waals surface area contributed by atoms with E-state index in [-0.39, 0.29) is 36.0 Å². The lowest BCUT2D eigenvalue weighted by molar-refractivity contribution is -0.153. The molecule has 0 bridgehead atoms. The van der Waals surface area contributed by atoms with Gasteiger partial charge in [0.1, 0.15) is 11.9 Å². The molecule has 2 aromatic heterocycles. The van der Waals surface area contributed by atoms with Crippen molar-refractivity contribution in [1.29, 1.82) is 0 Å². The van der Waals surface area contributed by atoms with Crippen LogP contribution in [-0.4, -0.2) is 57.4 Å². The average Bonchev–Trinajstić information content (AvgIpc) is 3.05. The third kappa shape index (κ3) is 4.40. The van der Waals surface area contributed by atoms with Gasteiger partial charge in [-0.1, -0.05) is 11.6 Å². The van der Waals surface area contributed by atoms with Gasteiger partial charge in [-0.15, -0.1) is 5.10 Å². The first-order valence-corrected chi connectivity index (χ1v) is 9.12. The Labute approximate surface area is 172 Å². The second-order valence-electron chi connectivity index (χ2n) is 6.63. The van der Waals surface area contributed by atoms with Gasteiger partial charge in [-0.05, 0) is 24.3 Å². The van der Waals surface area contributed by atoms with E-state index in [9.17, 15) is 22.4 Å². The smallest absolute Gasteiger partial charge is 0.422 e. The van der Waals surface area contributed by atoms with E-state index < -0.39 is 24.9 Å². The average molecular weight is 444 g/mol. The predicted molar refractivity (Wildman–Crippen MR) is 100 cm³/mol. The molecule has 12 heteroatoms. The Morgan fingerprint density at radius 1 is 1.27 bits per heavy atom. The maximum absolute atomic E-state index is 13.0. The number of anilines is 2. The number of alkyl halides is 4. The number of hydrogen-bond acceptors (Lipinski definition) is 5. The molecule has 3 heterocycles. The summed E-state index contributed by atoms with van der Waals surface area (Å²) in [6.07, 6.45) is -4.09. The number of nitrogens with zero attached hydrogens (tertiary/aromatic N) is 4. The lowest BCUT2D eigenvalue weighted by Crippen LogP contribution is -2.51. The Bertz CT molecular complexity index is 1100. The zero-order chi connectivity index (χ0) is 21.5. The van der Waals surface area contributed by atoms with Gasteiger partial charge in [-0.25, -0.2) is 8.91 Å². The van der Waals surface area contributed by atoms with Gasteiger partial charge in [-0.3, -0.25) is 4.79 Å². The van der Waals surface area contributed by atoms with Crippen molar-refractivity contribution in [3.05, 3.63) is 47.1 Å². The fraction of sp³-hybridized carbons (Fsp3) is 0.278. The summed E-state index contributed by atoms with van der Waals surface area (Å²) in [5.74, 6) is -0.614. The monoisotopic (exact) mass is 443 g/mol. The SMILES string of the molecule is O=C(c1ccc(Nc2nc3cc(Cl)ccn3n2)c(OCC(F)(F)F)c1)N1CC(F)C1. The largest absolute Gasteiger partial charge is 0.482 e. The summed E-state index contributed by atoms with van der Waals surface area (Å²) in [6.45, 7) is -1.65. The van der Waals surface area contributed by atoms with Crippen molar-refractivity contribution in [3.63, 3.8) is 0 Å². The molecule has 1 aliphatic rings. The van der Waals surface area contributed by atoms with Gasteiger partial charge in [-0.2, -0.15) is 18.2 Å². The van der Waals surface area contributed by atoms with Crippen molar-refractivity contribution in [3.8, 4) is 5.75 Å². The molecule has 0 radical (unpaired) electrons. The summed E-state index contributed by atoms with van der Waals surface area (Å²) in [5, 5.41) is 7.39. The molecule has 1 aliphatic heterocycles. The van der Waals surface area contributed by atoms with Crippen molar-refractivity contribution >= 4 is 34.8 Å². The molecule has 3 aromatic rings. The van der Waals surface area contributed by atoms with Gasteiger partial charge in [0.15, 0.2) is 12.3 Å². The molecular weight excluding hydrogens is 430 g/mol. The fourth-order valence-corrected chi connectivity index (χ4v) is 2.99. The highest BCUT2D eigenvalue weighted by molar-refractivity contribution is 6.30. The lowest BCUT2D eigenvalue weighted by atomic mass is 10.1. The minimum atomic E-state index is -4.58. The van der Waals surface area contributed by atoms with Gasteiger partial charge >= 0.3 is 6.18 Å². The number of rotatable bonds is 5. The highest BCUT2D eigenvalue weighted by Gasteiger charge is 2.32. The minimum Gasteiger partial charge on any atom is -0.482 e. The number of carbonyl (C=O) groups is 1. The number of ether oxygens (including phenoxy) is 1. The molecule has 0 aliphatic carbocycles. The number of halogens is 5. The Kier molecular flexibility index (Phi) is 5.14. The van der Waals surface area contributed by atoms with Crippen LogP contribution in [0.4, 0.5) is 29.2 Å². The van der Waals surface area contributed by atoms with Crippen LogP contribution in [0.1, 0.15) is 10.4 Å². The Balaban J connectivity index is 1.61. The zero-order valence-electron chi connectivity index (χ0n) is 15.2. The van der Waals surface area contributed by atoms with Crippen molar-refractivity contribution in [2.45, 2.75) is 12.3 Å². The first kappa shape index (κ1) is 20.2. The number of carbonyl (C=O) groups excluding carboxylic acids is 1. The van der Waals surface area contributed by atoms with Crippen molar-refractivity contribution in [1.82, 2.24) is 19.5 Å². The molecule has 4 rings (SSSR count). The molecule has 7 nitrogen and oxygen atoms in total. The topological polar surface area (TPSA) is 71.8 Å². The summed E-state index contributed by atoms with van der Waals surface area (Å²) >= 11 is 5.91. The summed E-state index contributed by atoms with van der Waals surface area (Å²) in [4.78, 5) is 17.8. The minimum absolute atomic E-state index is 0.0503. The standard InChI is InChI=1S/C18H14ClF4N5O2/c19-11-3-4-28-15(6-11)25-17(26-28)24-13-2-1-10(16(29)27-7-12(20)8-27)5-14(13)30-9-18(21,22)23/h1-6,12H,7-9H2,(H,24,26). The van der Waals surface area contributed by atoms with Crippen LogP contribution in [-0.2, 0) is 0 Å². The summed E-state index contributed by atoms with van der Waals surface area (Å²) in [6, 6.07) is 7.12. The molecule has 0 spiro atoms. The number of amides is 1. The number of hydrogen-bond donors (Lipinski definition) is 1. The number of likely N-dealkylation sites (tertiary alicyclic amines) is 1. The van der Waals surface area contributed by atoms with Crippen molar-refractivity contribution in [2.75, 3.05) is 25.0 Å². The van der Waals surface area contributed by atoms with E-state index in [0.29, 0.717) is 10.7 Å². The van der Waals surface area contributed by atoms with Crippen LogP contribution in [0.25, 0.3) is 5.65 Å². The highest BCUT2D eigenvalue weighted by Crippen LogP contribution is 2.31. The first-order valence-electron chi connectivity index (χ1n) is 8.74. The third-order valence-electron chi connectivity index (χ3n) is 4.29. The van der Waals surface area contributed by atoms with E-state index in [1.807, 2.05) is 0 Å². The van der Waals surface area contributed by atoms with Crippen molar-refractivity contribution in [2.24, 2.45) is 0 Å². The van der Waals surface area contributed by atoms with E-state index in [0.717, 1.165) is 0 Å². The number of benzene rings is 1. The number of fused-ring (bicyclic) bond motifs is 1. The molecular formula is C18H14ClF4N5O2. The Morgan fingerprint density at radius 3 is 2.73 bits per heavy atom. The van der Waals surface area contributed by atoms with Gasteiger partial charge in [0.2, 0.25) is 5.95 Å². The molecule has 0 saturated carbocycles. The zero-order valence-corrected chi connectivity index (χ0v) is 15.9. The van der Waals surface area contributed by atoms with Gasteiger partial charge in [0, 0.05) is 22.8 Å².